The molecule has 0 saturated heterocycles. The number of hydrogen-bond acceptors (Lipinski definition) is 4. The summed E-state index contributed by atoms with van der Waals surface area (Å²) in [7, 11) is 3.30. The smallest absolute Gasteiger partial charge is 0.238 e. The first-order valence-corrected chi connectivity index (χ1v) is 9.28. The number of nitrogens with zero attached hydrogens (tertiary/aromatic N) is 1. The number of nitrogens with one attached hydrogen (secondary N) is 1. The number of rotatable bonds is 5. The molecule has 27 heavy (non-hydrogen) atoms. The van der Waals surface area contributed by atoms with Gasteiger partial charge in [-0.15, -0.1) is 0 Å². The van der Waals surface area contributed by atoms with Gasteiger partial charge in [0.15, 0.2) is 11.5 Å². The Bertz CT molecular complexity index is 827. The van der Waals surface area contributed by atoms with Gasteiger partial charge in [-0.05, 0) is 73.7 Å². The number of anilines is 1. The first-order chi connectivity index (χ1) is 12.9. The summed E-state index contributed by atoms with van der Waals surface area (Å²) in [6.45, 7) is 7.40. The summed E-state index contributed by atoms with van der Waals surface area (Å²) in [5, 5.41) is 3.03. The average Bonchev–Trinajstić information content (AvgIpc) is 2.62. The zero-order valence-electron chi connectivity index (χ0n) is 16.8. The van der Waals surface area contributed by atoms with Gasteiger partial charge in [-0.25, -0.2) is 0 Å². The highest BCUT2D eigenvalue weighted by Gasteiger charge is 2.27. The quantitative estimate of drug-likeness (QED) is 0.870. The normalized spacial score (nSPS) is 16.6. The fraction of sp³-hybridized carbons (Fsp3) is 0.409. The second-order valence-corrected chi connectivity index (χ2v) is 7.23. The van der Waals surface area contributed by atoms with Crippen LogP contribution >= 0.6 is 0 Å². The number of carbonyl (C=O) groups excluding carboxylic acids is 1. The van der Waals surface area contributed by atoms with E-state index < -0.39 is 0 Å². The number of aryl methyl sites for hydroxylation is 2. The van der Waals surface area contributed by atoms with E-state index in [9.17, 15) is 4.79 Å². The molecule has 0 aromatic heterocycles. The molecular formula is C22H28N2O3. The molecule has 0 fully saturated rings. The van der Waals surface area contributed by atoms with Crippen LogP contribution in [-0.4, -0.2) is 38.1 Å². The van der Waals surface area contributed by atoms with Crippen LogP contribution in [0.1, 0.15) is 35.2 Å². The van der Waals surface area contributed by atoms with E-state index in [4.69, 9.17) is 9.47 Å². The summed E-state index contributed by atoms with van der Waals surface area (Å²) in [6.07, 6.45) is 0.886. The average molecular weight is 368 g/mol. The third-order valence-corrected chi connectivity index (χ3v) is 5.16. The van der Waals surface area contributed by atoms with Crippen LogP contribution in [0, 0.1) is 13.8 Å². The summed E-state index contributed by atoms with van der Waals surface area (Å²) in [5.41, 5.74) is 5.59. The lowest BCUT2D eigenvalue weighted by Gasteiger charge is -2.35. The lowest BCUT2D eigenvalue weighted by atomic mass is 9.93. The highest BCUT2D eigenvalue weighted by atomic mass is 16.5. The van der Waals surface area contributed by atoms with Crippen LogP contribution in [0.4, 0.5) is 5.69 Å². The minimum absolute atomic E-state index is 0.00998. The molecule has 0 saturated carbocycles. The Morgan fingerprint density at radius 3 is 2.33 bits per heavy atom. The van der Waals surface area contributed by atoms with Gasteiger partial charge < -0.3 is 14.8 Å². The maximum Gasteiger partial charge on any atom is 0.238 e. The third-order valence-electron chi connectivity index (χ3n) is 5.16. The molecule has 1 N–H and O–H groups in total. The van der Waals surface area contributed by atoms with E-state index in [1.807, 2.05) is 32.0 Å². The number of carbonyl (C=O) groups is 1. The molecule has 0 spiro atoms. The van der Waals surface area contributed by atoms with Crippen molar-refractivity contribution < 1.29 is 14.3 Å². The molecule has 0 bridgehead atoms. The van der Waals surface area contributed by atoms with Crippen LogP contribution in [-0.2, 0) is 11.2 Å². The van der Waals surface area contributed by atoms with E-state index >= 15 is 0 Å². The fourth-order valence-corrected chi connectivity index (χ4v) is 3.84. The Labute approximate surface area is 161 Å². The standard InChI is InChI=1S/C22H28N2O3/c1-14-8-15(2)10-18(9-14)23-22(25)13-24-7-6-17-11-20(26-4)21(27-5)12-19(17)16(24)3/h8-12,16H,6-7,13H2,1-5H3,(H,23,25)/t16-/m1/s1. The van der Waals surface area contributed by atoms with Crippen LogP contribution in [0.3, 0.4) is 0 Å². The van der Waals surface area contributed by atoms with Crippen molar-refractivity contribution in [2.45, 2.75) is 33.2 Å². The van der Waals surface area contributed by atoms with E-state index in [0.717, 1.165) is 41.3 Å². The summed E-state index contributed by atoms with van der Waals surface area (Å²) < 4.78 is 10.9. The topological polar surface area (TPSA) is 50.8 Å². The molecule has 144 valence electrons. The number of amides is 1. The highest BCUT2D eigenvalue weighted by Crippen LogP contribution is 2.37. The van der Waals surface area contributed by atoms with Crippen LogP contribution in [0.5, 0.6) is 11.5 Å². The van der Waals surface area contributed by atoms with Gasteiger partial charge in [0.2, 0.25) is 5.91 Å². The molecule has 1 amide bonds. The van der Waals surface area contributed by atoms with E-state index in [-0.39, 0.29) is 11.9 Å². The first kappa shape index (κ1) is 19.2. The first-order valence-electron chi connectivity index (χ1n) is 9.28. The molecular weight excluding hydrogens is 340 g/mol. The van der Waals surface area contributed by atoms with Gasteiger partial charge >= 0.3 is 0 Å². The Kier molecular flexibility index (Phi) is 5.71. The molecule has 1 heterocycles. The van der Waals surface area contributed by atoms with Gasteiger partial charge in [0, 0.05) is 18.3 Å². The maximum atomic E-state index is 12.6. The van der Waals surface area contributed by atoms with Crippen molar-refractivity contribution in [3.63, 3.8) is 0 Å². The lowest BCUT2D eigenvalue weighted by molar-refractivity contribution is -0.117. The number of ether oxygens (including phenoxy) is 2. The molecule has 1 atom stereocenters. The summed E-state index contributed by atoms with van der Waals surface area (Å²) in [5.74, 6) is 1.49. The fourth-order valence-electron chi connectivity index (χ4n) is 3.84. The molecule has 0 aliphatic carbocycles. The largest absolute Gasteiger partial charge is 0.493 e. The second-order valence-electron chi connectivity index (χ2n) is 7.23. The number of benzene rings is 2. The molecule has 5 nitrogen and oxygen atoms in total. The number of hydrogen-bond donors (Lipinski definition) is 1. The Morgan fingerprint density at radius 2 is 1.70 bits per heavy atom. The van der Waals surface area contributed by atoms with Gasteiger partial charge in [0.05, 0.1) is 20.8 Å². The van der Waals surface area contributed by atoms with E-state index in [2.05, 4.69) is 29.3 Å². The van der Waals surface area contributed by atoms with Crippen molar-refractivity contribution in [3.05, 3.63) is 52.6 Å². The van der Waals surface area contributed by atoms with Gasteiger partial charge in [0.1, 0.15) is 0 Å². The Morgan fingerprint density at radius 1 is 1.07 bits per heavy atom. The molecule has 2 aromatic rings. The summed E-state index contributed by atoms with van der Waals surface area (Å²) in [6, 6.07) is 10.3. The van der Waals surface area contributed by atoms with Crippen molar-refractivity contribution in [2.24, 2.45) is 0 Å². The molecule has 5 heteroatoms. The molecule has 0 radical (unpaired) electrons. The predicted octanol–water partition coefficient (Wildman–Crippen LogP) is 3.88. The van der Waals surface area contributed by atoms with Crippen LogP contribution < -0.4 is 14.8 Å². The Hall–Kier alpha value is -2.53. The zero-order chi connectivity index (χ0) is 19.6. The molecule has 1 aliphatic rings. The third kappa shape index (κ3) is 4.25. The van der Waals surface area contributed by atoms with Gasteiger partial charge in [-0.2, -0.15) is 0 Å². The van der Waals surface area contributed by atoms with Crippen molar-refractivity contribution >= 4 is 11.6 Å². The molecule has 3 rings (SSSR count). The van der Waals surface area contributed by atoms with Crippen LogP contribution in [0.15, 0.2) is 30.3 Å². The molecule has 0 unspecified atom stereocenters. The second kappa shape index (κ2) is 8.01. The van der Waals surface area contributed by atoms with Crippen molar-refractivity contribution in [2.75, 3.05) is 32.6 Å². The SMILES string of the molecule is COc1cc2c(cc1OC)[C@@H](C)N(CC(=O)Nc1cc(C)cc(C)c1)CC2. The highest BCUT2D eigenvalue weighted by molar-refractivity contribution is 5.92. The van der Waals surface area contributed by atoms with Gasteiger partial charge in [-0.1, -0.05) is 6.07 Å². The summed E-state index contributed by atoms with van der Waals surface area (Å²) in [4.78, 5) is 14.8. The van der Waals surface area contributed by atoms with Crippen LogP contribution in [0.25, 0.3) is 0 Å². The minimum atomic E-state index is 0.00998. The van der Waals surface area contributed by atoms with Gasteiger partial charge in [-0.3, -0.25) is 9.69 Å². The van der Waals surface area contributed by atoms with Gasteiger partial charge in [0.25, 0.3) is 0 Å². The van der Waals surface area contributed by atoms with E-state index in [1.165, 1.54) is 11.1 Å². The number of methoxy groups -OCH3 is 2. The minimum Gasteiger partial charge on any atom is -0.493 e. The number of fused-ring (bicyclic) bond motifs is 1. The van der Waals surface area contributed by atoms with Crippen molar-refractivity contribution in [3.8, 4) is 11.5 Å². The molecule has 2 aromatic carbocycles. The van der Waals surface area contributed by atoms with Crippen molar-refractivity contribution in [1.82, 2.24) is 4.90 Å². The van der Waals surface area contributed by atoms with Crippen LogP contribution in [0.2, 0.25) is 0 Å². The monoisotopic (exact) mass is 368 g/mol. The zero-order valence-corrected chi connectivity index (χ0v) is 16.8. The van der Waals surface area contributed by atoms with Crippen molar-refractivity contribution in [1.29, 1.82) is 0 Å². The molecule has 1 aliphatic heterocycles. The lowest BCUT2D eigenvalue weighted by Crippen LogP contribution is -2.39. The summed E-state index contributed by atoms with van der Waals surface area (Å²) >= 11 is 0. The van der Waals surface area contributed by atoms with E-state index in [1.54, 1.807) is 14.2 Å². The maximum absolute atomic E-state index is 12.6. The predicted molar refractivity (Wildman–Crippen MR) is 108 cm³/mol. The van der Waals surface area contributed by atoms with E-state index in [0.29, 0.717) is 6.54 Å². The Balaban J connectivity index is 1.73.